The first kappa shape index (κ1) is 25.6. The largest absolute Gasteiger partial charge is 0.489 e. The van der Waals surface area contributed by atoms with Gasteiger partial charge in [-0.1, -0.05) is 43.7 Å². The van der Waals surface area contributed by atoms with Crippen LogP contribution in [0.1, 0.15) is 42.9 Å². The highest BCUT2D eigenvalue weighted by atomic mass is 19.4. The van der Waals surface area contributed by atoms with Gasteiger partial charge in [-0.25, -0.2) is 15.0 Å². The van der Waals surface area contributed by atoms with Crippen LogP contribution in [0.5, 0.6) is 5.75 Å². The molecule has 34 heavy (non-hydrogen) atoms. The van der Waals surface area contributed by atoms with Gasteiger partial charge in [-0.05, 0) is 56.9 Å². The predicted molar refractivity (Wildman–Crippen MR) is 126 cm³/mol. The van der Waals surface area contributed by atoms with Crippen molar-refractivity contribution in [3.8, 4) is 17.1 Å². The molecular weight excluding hydrogens is 441 g/mol. The SMILES string of the molecule is Cc1ccc(CNC(COc2ccc(-c3ccnc(C)n3)nc2C)(CC(C)C)C(F)(F)F)cc1. The Hall–Kier alpha value is -3.00. The van der Waals surface area contributed by atoms with Crippen molar-refractivity contribution in [2.45, 2.75) is 59.3 Å². The van der Waals surface area contributed by atoms with Gasteiger partial charge in [-0.15, -0.1) is 0 Å². The quantitative estimate of drug-likeness (QED) is 0.415. The van der Waals surface area contributed by atoms with Crippen molar-refractivity contribution in [2.24, 2.45) is 5.92 Å². The van der Waals surface area contributed by atoms with Crippen LogP contribution in [0.25, 0.3) is 11.4 Å². The molecule has 2 aromatic heterocycles. The van der Waals surface area contributed by atoms with Gasteiger partial charge in [0, 0.05) is 12.7 Å². The summed E-state index contributed by atoms with van der Waals surface area (Å²) in [6, 6.07) is 12.5. The van der Waals surface area contributed by atoms with Crippen molar-refractivity contribution in [2.75, 3.05) is 6.61 Å². The molecule has 0 aliphatic carbocycles. The van der Waals surface area contributed by atoms with Crippen molar-refractivity contribution < 1.29 is 17.9 Å². The lowest BCUT2D eigenvalue weighted by Gasteiger charge is -2.38. The molecule has 0 bridgehead atoms. The van der Waals surface area contributed by atoms with Crippen LogP contribution in [0.4, 0.5) is 13.2 Å². The summed E-state index contributed by atoms with van der Waals surface area (Å²) in [6.07, 6.45) is -2.99. The molecule has 1 aromatic carbocycles. The van der Waals surface area contributed by atoms with E-state index in [0.717, 1.165) is 11.1 Å². The van der Waals surface area contributed by atoms with E-state index in [1.54, 1.807) is 52.1 Å². The van der Waals surface area contributed by atoms with E-state index in [1.165, 1.54) is 0 Å². The van der Waals surface area contributed by atoms with Gasteiger partial charge < -0.3 is 4.74 Å². The topological polar surface area (TPSA) is 59.9 Å². The van der Waals surface area contributed by atoms with Crippen LogP contribution < -0.4 is 10.1 Å². The minimum atomic E-state index is -4.51. The number of hydrogen-bond donors (Lipinski definition) is 1. The van der Waals surface area contributed by atoms with E-state index in [-0.39, 0.29) is 18.9 Å². The lowest BCUT2D eigenvalue weighted by molar-refractivity contribution is -0.210. The summed E-state index contributed by atoms with van der Waals surface area (Å²) in [5.41, 5.74) is 1.38. The van der Waals surface area contributed by atoms with Gasteiger partial charge in [0.25, 0.3) is 0 Å². The summed E-state index contributed by atoms with van der Waals surface area (Å²) in [4.78, 5) is 12.9. The Morgan fingerprint density at radius 2 is 1.59 bits per heavy atom. The maximum atomic E-state index is 14.5. The van der Waals surface area contributed by atoms with Crippen LogP contribution in [0, 0.1) is 26.7 Å². The Bertz CT molecular complexity index is 1100. The zero-order chi connectivity index (χ0) is 24.9. The number of rotatable bonds is 9. The summed E-state index contributed by atoms with van der Waals surface area (Å²) in [5.74, 6) is 0.725. The standard InChI is InChI=1S/C26H31F3N4O/c1-17(2)14-25(26(27,28)29,31-15-21-8-6-18(3)7-9-21)16-34-24-11-10-22(32-19(24)4)23-12-13-30-20(5)33-23/h6-13,17,31H,14-16H2,1-5H3. The van der Waals surface area contributed by atoms with Crippen molar-refractivity contribution in [3.63, 3.8) is 0 Å². The minimum absolute atomic E-state index is 0.0824. The first-order valence-corrected chi connectivity index (χ1v) is 11.3. The molecular formula is C26H31F3N4O. The van der Waals surface area contributed by atoms with Crippen LogP contribution in [0.2, 0.25) is 0 Å². The molecule has 8 heteroatoms. The summed E-state index contributed by atoms with van der Waals surface area (Å²) in [7, 11) is 0. The molecule has 2 heterocycles. The number of nitrogens with one attached hydrogen (secondary N) is 1. The van der Waals surface area contributed by atoms with E-state index in [4.69, 9.17) is 4.74 Å². The molecule has 5 nitrogen and oxygen atoms in total. The Morgan fingerprint density at radius 1 is 0.912 bits per heavy atom. The van der Waals surface area contributed by atoms with E-state index in [0.29, 0.717) is 28.7 Å². The number of alkyl halides is 3. The highest BCUT2D eigenvalue weighted by Gasteiger charge is 2.55. The van der Waals surface area contributed by atoms with E-state index < -0.39 is 18.3 Å². The monoisotopic (exact) mass is 472 g/mol. The zero-order valence-corrected chi connectivity index (χ0v) is 20.2. The summed E-state index contributed by atoms with van der Waals surface area (Å²) in [6.45, 7) is 8.51. The number of benzene rings is 1. The first-order valence-electron chi connectivity index (χ1n) is 11.3. The molecule has 0 saturated heterocycles. The molecule has 3 aromatic rings. The van der Waals surface area contributed by atoms with E-state index in [9.17, 15) is 13.2 Å². The smallest absolute Gasteiger partial charge is 0.409 e. The van der Waals surface area contributed by atoms with Crippen LogP contribution in [0.3, 0.4) is 0 Å². The number of hydrogen-bond acceptors (Lipinski definition) is 5. The molecule has 0 spiro atoms. The Balaban J connectivity index is 1.83. The molecule has 0 fully saturated rings. The lowest BCUT2D eigenvalue weighted by Crippen LogP contribution is -2.61. The van der Waals surface area contributed by atoms with Gasteiger partial charge in [0.05, 0.1) is 17.1 Å². The molecule has 182 valence electrons. The van der Waals surface area contributed by atoms with Crippen molar-refractivity contribution in [3.05, 3.63) is 71.3 Å². The first-order chi connectivity index (χ1) is 16.0. The number of nitrogens with zero attached hydrogens (tertiary/aromatic N) is 3. The molecule has 0 aliphatic rings. The van der Waals surface area contributed by atoms with Crippen LogP contribution in [-0.4, -0.2) is 33.3 Å². The fourth-order valence-electron chi connectivity index (χ4n) is 3.80. The Morgan fingerprint density at radius 3 is 2.18 bits per heavy atom. The third kappa shape index (κ3) is 6.32. The fourth-order valence-corrected chi connectivity index (χ4v) is 3.80. The maximum Gasteiger partial charge on any atom is 0.409 e. The highest BCUT2D eigenvalue weighted by molar-refractivity contribution is 5.55. The van der Waals surface area contributed by atoms with Crippen LogP contribution in [-0.2, 0) is 6.54 Å². The average Bonchev–Trinajstić information content (AvgIpc) is 2.76. The van der Waals surface area contributed by atoms with Gasteiger partial charge >= 0.3 is 6.18 Å². The molecule has 1 unspecified atom stereocenters. The number of ether oxygens (including phenoxy) is 1. The minimum Gasteiger partial charge on any atom is -0.489 e. The molecule has 1 N–H and O–H groups in total. The molecule has 3 rings (SSSR count). The molecule has 1 atom stereocenters. The van der Waals surface area contributed by atoms with Gasteiger partial charge in [-0.2, -0.15) is 13.2 Å². The third-order valence-corrected chi connectivity index (χ3v) is 5.60. The number of aryl methyl sites for hydroxylation is 3. The molecule has 0 aliphatic heterocycles. The van der Waals surface area contributed by atoms with Gasteiger partial charge in [-0.3, -0.25) is 5.32 Å². The molecule has 0 radical (unpaired) electrons. The fraction of sp³-hybridized carbons (Fsp3) is 0.423. The van der Waals surface area contributed by atoms with Gasteiger partial charge in [0.2, 0.25) is 0 Å². The van der Waals surface area contributed by atoms with Crippen LogP contribution in [0.15, 0.2) is 48.7 Å². The van der Waals surface area contributed by atoms with Gasteiger partial charge in [0.1, 0.15) is 23.7 Å². The van der Waals surface area contributed by atoms with Crippen molar-refractivity contribution in [1.29, 1.82) is 0 Å². The zero-order valence-electron chi connectivity index (χ0n) is 20.2. The van der Waals surface area contributed by atoms with E-state index in [1.807, 2.05) is 31.2 Å². The maximum absolute atomic E-state index is 14.5. The summed E-state index contributed by atoms with van der Waals surface area (Å²) < 4.78 is 49.1. The average molecular weight is 473 g/mol. The summed E-state index contributed by atoms with van der Waals surface area (Å²) >= 11 is 0. The Kier molecular flexibility index (Phi) is 7.92. The predicted octanol–water partition coefficient (Wildman–Crippen LogP) is 5.98. The molecule has 0 saturated carbocycles. The summed E-state index contributed by atoms with van der Waals surface area (Å²) in [5, 5.41) is 2.79. The number of halogens is 3. The lowest BCUT2D eigenvalue weighted by atomic mass is 9.88. The normalized spacial score (nSPS) is 13.7. The van der Waals surface area contributed by atoms with Crippen molar-refractivity contribution in [1.82, 2.24) is 20.3 Å². The van der Waals surface area contributed by atoms with E-state index in [2.05, 4.69) is 20.3 Å². The third-order valence-electron chi connectivity index (χ3n) is 5.60. The van der Waals surface area contributed by atoms with E-state index >= 15 is 0 Å². The van der Waals surface area contributed by atoms with Crippen molar-refractivity contribution >= 4 is 0 Å². The van der Waals surface area contributed by atoms with Crippen LogP contribution >= 0.6 is 0 Å². The highest BCUT2D eigenvalue weighted by Crippen LogP contribution is 2.37. The molecule has 0 amide bonds. The van der Waals surface area contributed by atoms with Gasteiger partial charge in [0.15, 0.2) is 0 Å². The number of pyridine rings is 1. The second kappa shape index (κ2) is 10.5. The number of aromatic nitrogens is 3. The second-order valence-electron chi connectivity index (χ2n) is 9.07. The Labute approximate surface area is 198 Å². The second-order valence-corrected chi connectivity index (χ2v) is 9.07.